The third-order valence-electron chi connectivity index (χ3n) is 4.19. The fourth-order valence-corrected chi connectivity index (χ4v) is 2.67. The predicted octanol–water partition coefficient (Wildman–Crippen LogP) is 4.39. The maximum atomic E-state index is 13.3. The van der Waals surface area contributed by atoms with E-state index in [1.165, 1.54) is 6.07 Å². The summed E-state index contributed by atoms with van der Waals surface area (Å²) in [7, 11) is 0. The lowest BCUT2D eigenvalue weighted by molar-refractivity contribution is 0.304. The van der Waals surface area contributed by atoms with Gasteiger partial charge in [-0.25, -0.2) is 9.07 Å². The Kier molecular flexibility index (Phi) is 4.53. The van der Waals surface area contributed by atoms with Crippen molar-refractivity contribution in [2.24, 2.45) is 0 Å². The highest BCUT2D eigenvalue weighted by molar-refractivity contribution is 5.41. The van der Waals surface area contributed by atoms with Gasteiger partial charge in [0.25, 0.3) is 0 Å². The first-order chi connectivity index (χ1) is 12.0. The van der Waals surface area contributed by atoms with Crippen LogP contribution < -0.4 is 4.74 Å². The molecule has 25 heavy (non-hydrogen) atoms. The minimum absolute atomic E-state index is 0.242. The number of aryl methyl sites for hydroxylation is 2. The van der Waals surface area contributed by atoms with Gasteiger partial charge in [-0.3, -0.25) is 0 Å². The first-order valence-corrected chi connectivity index (χ1v) is 7.94. The lowest BCUT2D eigenvalue weighted by Crippen LogP contribution is -2.01. The lowest BCUT2D eigenvalue weighted by atomic mass is 10.2. The van der Waals surface area contributed by atoms with Crippen LogP contribution in [-0.2, 0) is 6.61 Å². The van der Waals surface area contributed by atoms with Crippen LogP contribution in [-0.4, -0.2) is 9.78 Å². The molecule has 4 nitrogen and oxygen atoms in total. The molecular weight excluding hydrogens is 317 g/mol. The van der Waals surface area contributed by atoms with Crippen LogP contribution in [0.1, 0.15) is 28.1 Å². The normalized spacial score (nSPS) is 10.5. The summed E-state index contributed by atoms with van der Waals surface area (Å²) in [6.45, 7) is 5.98. The first-order valence-electron chi connectivity index (χ1n) is 7.94. The number of hydrogen-bond donors (Lipinski definition) is 0. The summed E-state index contributed by atoms with van der Waals surface area (Å²) in [4.78, 5) is 0. The van der Waals surface area contributed by atoms with E-state index in [1.54, 1.807) is 31.2 Å². The van der Waals surface area contributed by atoms with Gasteiger partial charge in [-0.2, -0.15) is 10.4 Å². The van der Waals surface area contributed by atoms with Gasteiger partial charge >= 0.3 is 0 Å². The molecule has 3 rings (SSSR count). The van der Waals surface area contributed by atoms with Gasteiger partial charge in [0.05, 0.1) is 23.0 Å². The van der Waals surface area contributed by atoms with Crippen molar-refractivity contribution in [3.8, 4) is 17.5 Å². The summed E-state index contributed by atoms with van der Waals surface area (Å²) < 4.78 is 21.0. The number of rotatable bonds is 4. The van der Waals surface area contributed by atoms with E-state index in [1.807, 2.05) is 30.7 Å². The van der Waals surface area contributed by atoms with Crippen molar-refractivity contribution < 1.29 is 9.13 Å². The summed E-state index contributed by atoms with van der Waals surface area (Å²) in [5, 5.41) is 13.5. The van der Waals surface area contributed by atoms with Crippen LogP contribution in [0.15, 0.2) is 42.5 Å². The van der Waals surface area contributed by atoms with Crippen molar-refractivity contribution in [2.75, 3.05) is 0 Å². The first kappa shape index (κ1) is 16.7. The van der Waals surface area contributed by atoms with Gasteiger partial charge in [0.1, 0.15) is 18.2 Å². The maximum absolute atomic E-state index is 13.3. The zero-order chi connectivity index (χ0) is 18.0. The highest BCUT2D eigenvalue weighted by atomic mass is 19.1. The van der Waals surface area contributed by atoms with Crippen LogP contribution in [0.25, 0.3) is 5.69 Å². The molecule has 0 fully saturated rings. The van der Waals surface area contributed by atoms with Gasteiger partial charge in [0, 0.05) is 11.3 Å². The van der Waals surface area contributed by atoms with E-state index in [9.17, 15) is 4.39 Å². The zero-order valence-corrected chi connectivity index (χ0v) is 14.4. The molecule has 1 aromatic heterocycles. The van der Waals surface area contributed by atoms with Crippen LogP contribution in [0.5, 0.6) is 5.75 Å². The molecule has 0 aliphatic carbocycles. The van der Waals surface area contributed by atoms with Crippen molar-refractivity contribution in [3.63, 3.8) is 0 Å². The monoisotopic (exact) mass is 335 g/mol. The second-order valence-electron chi connectivity index (χ2n) is 5.92. The van der Waals surface area contributed by atoms with Gasteiger partial charge in [0.2, 0.25) is 0 Å². The van der Waals surface area contributed by atoms with E-state index in [2.05, 4.69) is 11.2 Å². The third kappa shape index (κ3) is 3.38. The summed E-state index contributed by atoms with van der Waals surface area (Å²) in [5.74, 6) is 0.386. The highest BCUT2D eigenvalue weighted by Gasteiger charge is 2.14. The number of benzene rings is 2. The summed E-state index contributed by atoms with van der Waals surface area (Å²) in [5.41, 5.74) is 4.90. The van der Waals surface area contributed by atoms with E-state index in [-0.39, 0.29) is 5.82 Å². The molecule has 0 amide bonds. The molecule has 0 spiro atoms. The summed E-state index contributed by atoms with van der Waals surface area (Å²) in [6, 6.07) is 14.1. The van der Waals surface area contributed by atoms with Crippen LogP contribution in [0.2, 0.25) is 0 Å². The standard InChI is InChI=1S/C20H18FN3O/c1-13-10-18(8-9-20(13)21)25-12-19-14(2)23-24(15(19)3)17-6-4-16(11-22)5-7-17/h4-10H,12H2,1-3H3. The Morgan fingerprint density at radius 3 is 2.48 bits per heavy atom. The Morgan fingerprint density at radius 2 is 1.84 bits per heavy atom. The molecule has 126 valence electrons. The summed E-state index contributed by atoms with van der Waals surface area (Å²) in [6.07, 6.45) is 0. The van der Waals surface area contributed by atoms with Crippen LogP contribution in [0.3, 0.4) is 0 Å². The van der Waals surface area contributed by atoms with Crippen molar-refractivity contribution in [1.29, 1.82) is 5.26 Å². The minimum Gasteiger partial charge on any atom is -0.489 e. The van der Waals surface area contributed by atoms with Gasteiger partial charge in [0.15, 0.2) is 0 Å². The highest BCUT2D eigenvalue weighted by Crippen LogP contribution is 2.22. The van der Waals surface area contributed by atoms with Crippen molar-refractivity contribution in [2.45, 2.75) is 27.4 Å². The van der Waals surface area contributed by atoms with Crippen LogP contribution in [0.4, 0.5) is 4.39 Å². The summed E-state index contributed by atoms with van der Waals surface area (Å²) >= 11 is 0. The Morgan fingerprint density at radius 1 is 1.12 bits per heavy atom. The molecule has 0 unspecified atom stereocenters. The van der Waals surface area contributed by atoms with E-state index >= 15 is 0 Å². The van der Waals surface area contributed by atoms with E-state index in [4.69, 9.17) is 10.00 Å². The van der Waals surface area contributed by atoms with Gasteiger partial charge < -0.3 is 4.74 Å². The van der Waals surface area contributed by atoms with Crippen molar-refractivity contribution >= 4 is 0 Å². The number of nitrogens with zero attached hydrogens (tertiary/aromatic N) is 3. The minimum atomic E-state index is -0.242. The molecule has 3 aromatic rings. The molecular formula is C20H18FN3O. The fraction of sp³-hybridized carbons (Fsp3) is 0.200. The Labute approximate surface area is 146 Å². The smallest absolute Gasteiger partial charge is 0.126 e. The number of hydrogen-bond acceptors (Lipinski definition) is 3. The zero-order valence-electron chi connectivity index (χ0n) is 14.4. The SMILES string of the molecule is Cc1cc(OCc2c(C)nn(-c3ccc(C#N)cc3)c2C)ccc1F. The Balaban J connectivity index is 1.84. The molecule has 0 saturated heterocycles. The van der Waals surface area contributed by atoms with E-state index in [0.717, 1.165) is 22.6 Å². The number of nitriles is 1. The average Bonchev–Trinajstić information content (AvgIpc) is 2.90. The second-order valence-corrected chi connectivity index (χ2v) is 5.92. The molecule has 0 N–H and O–H groups in total. The largest absolute Gasteiger partial charge is 0.489 e. The number of halogens is 1. The number of ether oxygens (including phenoxy) is 1. The second kappa shape index (κ2) is 6.78. The van der Waals surface area contributed by atoms with Crippen molar-refractivity contribution in [3.05, 3.63) is 76.4 Å². The molecule has 0 bridgehead atoms. The molecule has 0 saturated carbocycles. The topological polar surface area (TPSA) is 50.8 Å². The molecule has 0 radical (unpaired) electrons. The van der Waals surface area contributed by atoms with Gasteiger partial charge in [-0.1, -0.05) is 0 Å². The Hall–Kier alpha value is -3.13. The third-order valence-corrected chi connectivity index (χ3v) is 4.19. The lowest BCUT2D eigenvalue weighted by Gasteiger charge is -2.09. The van der Waals surface area contributed by atoms with Gasteiger partial charge in [-0.05, 0) is 68.8 Å². The van der Waals surface area contributed by atoms with E-state index < -0.39 is 0 Å². The maximum Gasteiger partial charge on any atom is 0.126 e. The Bertz CT molecular complexity index is 952. The van der Waals surface area contributed by atoms with Crippen LogP contribution in [0, 0.1) is 37.9 Å². The number of aromatic nitrogens is 2. The van der Waals surface area contributed by atoms with Crippen LogP contribution >= 0.6 is 0 Å². The molecule has 5 heteroatoms. The molecule has 2 aromatic carbocycles. The average molecular weight is 335 g/mol. The van der Waals surface area contributed by atoms with Gasteiger partial charge in [-0.15, -0.1) is 0 Å². The quantitative estimate of drug-likeness (QED) is 0.710. The fourth-order valence-electron chi connectivity index (χ4n) is 2.67. The predicted molar refractivity (Wildman–Crippen MR) is 93.2 cm³/mol. The van der Waals surface area contributed by atoms with Crippen molar-refractivity contribution in [1.82, 2.24) is 9.78 Å². The molecule has 0 aliphatic heterocycles. The molecule has 0 aliphatic rings. The molecule has 1 heterocycles. The molecule has 0 atom stereocenters. The van der Waals surface area contributed by atoms with E-state index in [0.29, 0.717) is 23.5 Å².